The molecule has 0 bridgehead atoms. The first-order chi connectivity index (χ1) is 15.4. The number of amides is 1. The van der Waals surface area contributed by atoms with E-state index in [1.807, 2.05) is 12.1 Å². The van der Waals surface area contributed by atoms with Crippen molar-refractivity contribution in [1.29, 1.82) is 0 Å². The van der Waals surface area contributed by atoms with Gasteiger partial charge in [0, 0.05) is 23.3 Å². The second-order valence-electron chi connectivity index (χ2n) is 8.65. The zero-order valence-electron chi connectivity index (χ0n) is 17.7. The van der Waals surface area contributed by atoms with Crippen LogP contribution in [0.5, 0.6) is 0 Å². The summed E-state index contributed by atoms with van der Waals surface area (Å²) in [6, 6.07) is 7.22. The van der Waals surface area contributed by atoms with E-state index in [1.165, 1.54) is 21.0 Å². The van der Waals surface area contributed by atoms with Crippen molar-refractivity contribution in [3.63, 3.8) is 0 Å². The fraction of sp³-hybridized carbons (Fsp3) is 0.500. The molecule has 1 saturated carbocycles. The van der Waals surface area contributed by atoms with Crippen molar-refractivity contribution >= 4 is 22.4 Å². The Morgan fingerprint density at radius 2 is 2.03 bits per heavy atom. The van der Waals surface area contributed by atoms with Gasteiger partial charge in [0.2, 0.25) is 17.7 Å². The number of alkyl halides is 2. The number of nitrogens with zero attached hydrogens (tertiary/aromatic N) is 5. The standard InChI is InChI=1S/C22H24F2N6OS/c1-30-28-19(27-29-30)14-8-6-13(7-9-14)18(15-10-11-22(23,24)12-15)20(31)26-21-25-16-4-2-3-5-17(16)32-21/h6-9,15,18H,2-5,10-12H2,1H3,(H,25,26,31)/t15-,18+/m0/s1. The number of benzene rings is 1. The third-order valence-electron chi connectivity index (χ3n) is 6.31. The summed E-state index contributed by atoms with van der Waals surface area (Å²) in [5.74, 6) is -3.63. The van der Waals surface area contributed by atoms with Crippen molar-refractivity contribution < 1.29 is 13.6 Å². The van der Waals surface area contributed by atoms with Crippen molar-refractivity contribution in [2.45, 2.75) is 56.8 Å². The van der Waals surface area contributed by atoms with Crippen LogP contribution in [-0.2, 0) is 24.7 Å². The molecule has 2 atom stereocenters. The van der Waals surface area contributed by atoms with E-state index in [0.717, 1.165) is 36.9 Å². The zero-order valence-corrected chi connectivity index (χ0v) is 18.5. The molecule has 1 fully saturated rings. The van der Waals surface area contributed by atoms with Crippen LogP contribution in [0.4, 0.5) is 13.9 Å². The van der Waals surface area contributed by atoms with Gasteiger partial charge >= 0.3 is 0 Å². The zero-order chi connectivity index (χ0) is 22.3. The molecule has 3 aromatic rings. The highest BCUT2D eigenvalue weighted by Gasteiger charge is 2.45. The lowest BCUT2D eigenvalue weighted by atomic mass is 9.83. The third-order valence-corrected chi connectivity index (χ3v) is 7.38. The van der Waals surface area contributed by atoms with E-state index >= 15 is 0 Å². The van der Waals surface area contributed by atoms with E-state index in [2.05, 4.69) is 25.7 Å². The summed E-state index contributed by atoms with van der Waals surface area (Å²) in [5, 5.41) is 15.5. The summed E-state index contributed by atoms with van der Waals surface area (Å²) < 4.78 is 28.1. The Hall–Kier alpha value is -2.75. The first kappa shape index (κ1) is 21.1. The van der Waals surface area contributed by atoms with Gasteiger partial charge in [-0.15, -0.1) is 21.5 Å². The van der Waals surface area contributed by atoms with E-state index in [1.54, 1.807) is 19.2 Å². The average molecular weight is 459 g/mol. The Labute approximate surface area is 188 Å². The molecule has 1 N–H and O–H groups in total. The Kier molecular flexibility index (Phi) is 5.48. The first-order valence-corrected chi connectivity index (χ1v) is 11.7. The Morgan fingerprint density at radius 1 is 1.25 bits per heavy atom. The molecule has 2 aromatic heterocycles. The van der Waals surface area contributed by atoms with Crippen molar-refractivity contribution in [3.05, 3.63) is 40.4 Å². The maximum Gasteiger partial charge on any atom is 0.248 e. The minimum Gasteiger partial charge on any atom is -0.301 e. The minimum absolute atomic E-state index is 0.186. The van der Waals surface area contributed by atoms with Crippen molar-refractivity contribution in [3.8, 4) is 11.4 Å². The summed E-state index contributed by atoms with van der Waals surface area (Å²) in [4.78, 5) is 20.5. The topological polar surface area (TPSA) is 85.6 Å². The largest absolute Gasteiger partial charge is 0.301 e. The lowest BCUT2D eigenvalue weighted by Gasteiger charge is -2.23. The fourth-order valence-corrected chi connectivity index (χ4v) is 5.79. The van der Waals surface area contributed by atoms with Gasteiger partial charge < -0.3 is 5.32 Å². The van der Waals surface area contributed by atoms with Crippen molar-refractivity contribution in [2.24, 2.45) is 13.0 Å². The monoisotopic (exact) mass is 458 g/mol. The van der Waals surface area contributed by atoms with E-state index in [0.29, 0.717) is 22.9 Å². The highest BCUT2D eigenvalue weighted by Crippen LogP contribution is 2.46. The maximum absolute atomic E-state index is 14.0. The number of fused-ring (bicyclic) bond motifs is 1. The number of aromatic nitrogens is 5. The number of aryl methyl sites for hydroxylation is 3. The van der Waals surface area contributed by atoms with E-state index in [4.69, 9.17) is 0 Å². The Morgan fingerprint density at radius 3 is 2.69 bits per heavy atom. The number of hydrogen-bond acceptors (Lipinski definition) is 6. The van der Waals surface area contributed by atoms with Gasteiger partial charge in [-0.05, 0) is 48.8 Å². The second kappa shape index (κ2) is 8.31. The number of anilines is 1. The molecular formula is C22H24F2N6OS. The molecule has 0 saturated heterocycles. The molecule has 2 aliphatic rings. The molecular weight excluding hydrogens is 434 g/mol. The van der Waals surface area contributed by atoms with Crippen LogP contribution in [0.15, 0.2) is 24.3 Å². The normalized spacial score (nSPS) is 20.7. The number of tetrazole rings is 1. The van der Waals surface area contributed by atoms with Crippen molar-refractivity contribution in [1.82, 2.24) is 25.2 Å². The summed E-state index contributed by atoms with van der Waals surface area (Å²) >= 11 is 1.50. The van der Waals surface area contributed by atoms with Crippen LogP contribution in [0.2, 0.25) is 0 Å². The molecule has 7 nitrogen and oxygen atoms in total. The van der Waals surface area contributed by atoms with E-state index < -0.39 is 17.8 Å². The molecule has 1 amide bonds. The van der Waals surface area contributed by atoms with Crippen LogP contribution in [-0.4, -0.2) is 37.0 Å². The molecule has 2 aliphatic carbocycles. The molecule has 10 heteroatoms. The smallest absolute Gasteiger partial charge is 0.248 e. The number of halogens is 2. The van der Waals surface area contributed by atoms with Gasteiger partial charge in [-0.3, -0.25) is 4.79 Å². The Balaban J connectivity index is 1.41. The number of thiazole rings is 1. The van der Waals surface area contributed by atoms with Crippen LogP contribution in [0, 0.1) is 5.92 Å². The SMILES string of the molecule is Cn1nnc(-c2ccc([C@@H](C(=O)Nc3nc4c(s3)CCCC4)[C@H]3CCC(F)(F)C3)cc2)n1. The minimum atomic E-state index is -2.73. The summed E-state index contributed by atoms with van der Waals surface area (Å²) in [6.07, 6.45) is 4.00. The highest BCUT2D eigenvalue weighted by molar-refractivity contribution is 7.15. The van der Waals surface area contributed by atoms with Crippen LogP contribution in [0.3, 0.4) is 0 Å². The van der Waals surface area contributed by atoms with Gasteiger partial charge in [-0.25, -0.2) is 13.8 Å². The molecule has 32 heavy (non-hydrogen) atoms. The van der Waals surface area contributed by atoms with Crippen molar-refractivity contribution in [2.75, 3.05) is 5.32 Å². The Bertz CT molecular complexity index is 1100. The van der Waals surface area contributed by atoms with Gasteiger partial charge in [0.25, 0.3) is 0 Å². The van der Waals surface area contributed by atoms with Crippen LogP contribution in [0.1, 0.15) is 54.2 Å². The molecule has 1 aromatic carbocycles. The quantitative estimate of drug-likeness (QED) is 0.614. The van der Waals surface area contributed by atoms with Gasteiger partial charge in [-0.2, -0.15) is 4.80 Å². The summed E-state index contributed by atoms with van der Waals surface area (Å²) in [5.41, 5.74) is 2.52. The average Bonchev–Trinajstić information content (AvgIpc) is 3.46. The third kappa shape index (κ3) is 4.28. The fourth-order valence-electron chi connectivity index (χ4n) is 4.73. The summed E-state index contributed by atoms with van der Waals surface area (Å²) in [7, 11) is 1.68. The lowest BCUT2D eigenvalue weighted by molar-refractivity contribution is -0.118. The molecule has 0 aliphatic heterocycles. The molecule has 0 spiro atoms. The van der Waals surface area contributed by atoms with Crippen LogP contribution >= 0.6 is 11.3 Å². The molecule has 5 rings (SSSR count). The first-order valence-electron chi connectivity index (χ1n) is 10.9. The van der Waals surface area contributed by atoms with Gasteiger partial charge in [0.05, 0.1) is 18.7 Å². The predicted molar refractivity (Wildman–Crippen MR) is 117 cm³/mol. The molecule has 2 heterocycles. The summed E-state index contributed by atoms with van der Waals surface area (Å²) in [6.45, 7) is 0. The lowest BCUT2D eigenvalue weighted by Crippen LogP contribution is -2.27. The van der Waals surface area contributed by atoms with E-state index in [9.17, 15) is 13.6 Å². The number of carbonyl (C=O) groups is 1. The molecule has 168 valence electrons. The van der Waals surface area contributed by atoms with Gasteiger partial charge in [0.15, 0.2) is 5.13 Å². The number of nitrogens with one attached hydrogen (secondary N) is 1. The molecule has 0 unspecified atom stereocenters. The second-order valence-corrected chi connectivity index (χ2v) is 9.73. The predicted octanol–water partition coefficient (Wildman–Crippen LogP) is 4.37. The highest BCUT2D eigenvalue weighted by atomic mass is 32.1. The van der Waals surface area contributed by atoms with Crippen LogP contribution in [0.25, 0.3) is 11.4 Å². The number of carbonyl (C=O) groups excluding carboxylic acids is 1. The van der Waals surface area contributed by atoms with Crippen LogP contribution < -0.4 is 5.32 Å². The molecule has 0 radical (unpaired) electrons. The van der Waals surface area contributed by atoms with Gasteiger partial charge in [-0.1, -0.05) is 24.3 Å². The number of rotatable bonds is 5. The maximum atomic E-state index is 14.0. The van der Waals surface area contributed by atoms with Gasteiger partial charge in [0.1, 0.15) is 0 Å². The number of hydrogen-bond donors (Lipinski definition) is 1. The van der Waals surface area contributed by atoms with E-state index in [-0.39, 0.29) is 18.7 Å².